The van der Waals surface area contributed by atoms with Gasteiger partial charge in [-0.1, -0.05) is 31.3 Å². The standard InChI is InChI=1S/C23H23N3O5S2/c1-8(2)16(22(29)30)26-20(27)14-10-6-11(15(14)21(26)28)17-13(10)12(9-4-3-5-24-7-9)18-19(32-17)25-23(31)33-18/h3-5,7-8,10-17H,6H2,1-2H3,(H,25,31)(H,29,30)/t10-,11-,12+,13-,14+,15-,16-,17+/m1/s1. The van der Waals surface area contributed by atoms with E-state index in [1.165, 1.54) is 11.3 Å². The molecule has 0 aromatic carbocycles. The van der Waals surface area contributed by atoms with Gasteiger partial charge >= 0.3 is 10.8 Å². The first-order valence-corrected chi connectivity index (χ1v) is 12.9. The highest BCUT2D eigenvalue weighted by molar-refractivity contribution is 8.00. The van der Waals surface area contributed by atoms with Gasteiger partial charge in [0.1, 0.15) is 6.04 Å². The molecular weight excluding hydrogens is 462 g/mol. The van der Waals surface area contributed by atoms with Crippen molar-refractivity contribution in [3.05, 3.63) is 44.6 Å². The molecule has 2 amide bonds. The maximum absolute atomic E-state index is 13.6. The summed E-state index contributed by atoms with van der Waals surface area (Å²) in [6, 6.07) is 2.75. The predicted molar refractivity (Wildman–Crippen MR) is 121 cm³/mol. The number of H-pyrrole nitrogens is 1. The number of likely N-dealkylation sites (tertiary alicyclic amines) is 1. The third kappa shape index (κ3) is 2.79. The van der Waals surface area contributed by atoms with E-state index in [2.05, 4.69) is 9.97 Å². The van der Waals surface area contributed by atoms with E-state index in [1.54, 1.807) is 31.8 Å². The molecule has 8 atom stereocenters. The lowest BCUT2D eigenvalue weighted by molar-refractivity contribution is -0.157. The number of amides is 2. The smallest absolute Gasteiger partial charge is 0.327 e. The maximum Gasteiger partial charge on any atom is 0.327 e. The van der Waals surface area contributed by atoms with Crippen LogP contribution in [0.1, 0.15) is 36.6 Å². The van der Waals surface area contributed by atoms with Gasteiger partial charge in [-0.05, 0) is 41.7 Å². The summed E-state index contributed by atoms with van der Waals surface area (Å²) in [5, 5.41) is 10.7. The van der Waals surface area contributed by atoms with Crippen molar-refractivity contribution >= 4 is 40.9 Å². The van der Waals surface area contributed by atoms with Crippen LogP contribution in [0.5, 0.6) is 0 Å². The second kappa shape index (κ2) is 7.27. The second-order valence-electron chi connectivity index (χ2n) is 9.82. The predicted octanol–water partition coefficient (Wildman–Crippen LogP) is 2.41. The van der Waals surface area contributed by atoms with Crippen LogP contribution in [-0.2, 0) is 14.4 Å². The molecule has 2 aliphatic heterocycles. The fraction of sp³-hybridized carbons (Fsp3) is 0.522. The lowest BCUT2D eigenvalue weighted by Gasteiger charge is -2.42. The third-order valence-electron chi connectivity index (χ3n) is 7.96. The zero-order chi connectivity index (χ0) is 23.2. The van der Waals surface area contributed by atoms with Crippen LogP contribution in [0.4, 0.5) is 0 Å². The molecule has 3 fully saturated rings. The van der Waals surface area contributed by atoms with E-state index >= 15 is 0 Å². The molecule has 33 heavy (non-hydrogen) atoms. The molecule has 2 N–H and O–H groups in total. The van der Waals surface area contributed by atoms with Gasteiger partial charge in [0.15, 0.2) is 0 Å². The minimum Gasteiger partial charge on any atom is -0.480 e. The Kier molecular flexibility index (Phi) is 4.65. The van der Waals surface area contributed by atoms with Gasteiger partial charge in [-0.3, -0.25) is 24.3 Å². The maximum atomic E-state index is 13.6. The van der Waals surface area contributed by atoms with Crippen LogP contribution < -0.4 is 4.87 Å². The number of carboxylic acid groups (broad SMARTS) is 1. The van der Waals surface area contributed by atoms with E-state index in [-0.39, 0.29) is 51.5 Å². The Labute approximate surface area is 197 Å². The number of thiazole rings is 1. The van der Waals surface area contributed by atoms with Gasteiger partial charge in [-0.15, -0.1) is 11.8 Å². The monoisotopic (exact) mass is 485 g/mol. The van der Waals surface area contributed by atoms with Crippen molar-refractivity contribution in [3.63, 3.8) is 0 Å². The molecule has 2 bridgehead atoms. The van der Waals surface area contributed by atoms with Crippen LogP contribution in [0.2, 0.25) is 0 Å². The number of nitrogens with one attached hydrogen (secondary N) is 1. The summed E-state index contributed by atoms with van der Waals surface area (Å²) < 4.78 is 0. The number of aromatic amines is 1. The van der Waals surface area contributed by atoms with Crippen molar-refractivity contribution < 1.29 is 19.5 Å². The average molecular weight is 486 g/mol. The van der Waals surface area contributed by atoms with E-state index in [4.69, 9.17) is 0 Å². The first-order valence-electron chi connectivity index (χ1n) is 11.2. The molecule has 6 rings (SSSR count). The number of pyridine rings is 1. The van der Waals surface area contributed by atoms with Crippen molar-refractivity contribution in [1.29, 1.82) is 0 Å². The Bertz CT molecular complexity index is 1220. The summed E-state index contributed by atoms with van der Waals surface area (Å²) in [5.41, 5.74) is 1.01. The van der Waals surface area contributed by atoms with Gasteiger partial charge in [0.05, 0.1) is 16.9 Å². The van der Waals surface area contributed by atoms with Gasteiger partial charge in [0, 0.05) is 28.4 Å². The van der Waals surface area contributed by atoms with Crippen LogP contribution in [0, 0.1) is 35.5 Å². The molecule has 4 heterocycles. The number of aliphatic carboxylic acids is 1. The van der Waals surface area contributed by atoms with Crippen molar-refractivity contribution in [1.82, 2.24) is 14.9 Å². The van der Waals surface area contributed by atoms with Gasteiger partial charge < -0.3 is 10.1 Å². The fourth-order valence-electron chi connectivity index (χ4n) is 6.94. The molecule has 2 aliphatic carbocycles. The Morgan fingerprint density at radius 3 is 2.58 bits per heavy atom. The summed E-state index contributed by atoms with van der Waals surface area (Å²) in [7, 11) is 0. The zero-order valence-electron chi connectivity index (χ0n) is 18.0. The summed E-state index contributed by atoms with van der Waals surface area (Å²) >= 11 is 2.83. The van der Waals surface area contributed by atoms with Gasteiger partial charge in [-0.25, -0.2) is 4.79 Å². The van der Waals surface area contributed by atoms with E-state index in [1.807, 2.05) is 18.3 Å². The first-order chi connectivity index (χ1) is 15.8. The normalized spacial score (nSPS) is 35.0. The van der Waals surface area contributed by atoms with Gasteiger partial charge in [0.2, 0.25) is 11.8 Å². The summed E-state index contributed by atoms with van der Waals surface area (Å²) in [5.74, 6) is -3.17. The number of carbonyl (C=O) groups is 3. The molecular formula is C23H23N3O5S2. The van der Waals surface area contributed by atoms with E-state index < -0.39 is 23.8 Å². The molecule has 2 aromatic rings. The van der Waals surface area contributed by atoms with Crippen molar-refractivity contribution in [2.24, 2.45) is 35.5 Å². The van der Waals surface area contributed by atoms with Crippen molar-refractivity contribution in [2.45, 2.75) is 42.5 Å². The van der Waals surface area contributed by atoms with Crippen LogP contribution in [0.3, 0.4) is 0 Å². The van der Waals surface area contributed by atoms with E-state index in [9.17, 15) is 24.3 Å². The highest BCUT2D eigenvalue weighted by Gasteiger charge is 2.70. The minimum atomic E-state index is -1.14. The third-order valence-corrected chi connectivity index (χ3v) is 10.6. The van der Waals surface area contributed by atoms with Crippen LogP contribution in [0.25, 0.3) is 0 Å². The fourth-order valence-corrected chi connectivity index (χ4v) is 9.83. The number of hydrogen-bond donors (Lipinski definition) is 2. The lowest BCUT2D eigenvalue weighted by atomic mass is 9.68. The molecule has 2 saturated carbocycles. The number of aromatic nitrogens is 2. The highest BCUT2D eigenvalue weighted by Crippen LogP contribution is 2.68. The molecule has 0 unspecified atom stereocenters. The number of hydrogen-bond acceptors (Lipinski definition) is 7. The summed E-state index contributed by atoms with van der Waals surface area (Å²) in [6.45, 7) is 3.45. The second-order valence-corrected chi connectivity index (χ2v) is 12.0. The zero-order valence-corrected chi connectivity index (χ0v) is 19.6. The summed E-state index contributed by atoms with van der Waals surface area (Å²) in [6.07, 6.45) is 4.31. The van der Waals surface area contributed by atoms with Crippen molar-refractivity contribution in [3.8, 4) is 0 Å². The number of nitrogens with zero attached hydrogens (tertiary/aromatic N) is 2. The Morgan fingerprint density at radius 1 is 1.21 bits per heavy atom. The van der Waals surface area contributed by atoms with Crippen molar-refractivity contribution in [2.75, 3.05) is 0 Å². The number of rotatable bonds is 4. The molecule has 1 saturated heterocycles. The van der Waals surface area contributed by atoms with Crippen LogP contribution in [-0.4, -0.2) is 49.0 Å². The van der Waals surface area contributed by atoms with E-state index in [0.29, 0.717) is 0 Å². The first kappa shape index (κ1) is 21.1. The average Bonchev–Trinajstić information content (AvgIpc) is 3.49. The van der Waals surface area contributed by atoms with Crippen LogP contribution >= 0.6 is 23.1 Å². The number of imide groups is 1. The molecule has 8 nitrogen and oxygen atoms in total. The Morgan fingerprint density at radius 2 is 1.94 bits per heavy atom. The Balaban J connectivity index is 1.44. The molecule has 10 heteroatoms. The molecule has 4 aliphatic rings. The largest absolute Gasteiger partial charge is 0.480 e. The molecule has 2 aromatic heterocycles. The number of carbonyl (C=O) groups excluding carboxylic acids is 2. The lowest BCUT2D eigenvalue weighted by Crippen LogP contribution is -2.49. The minimum absolute atomic E-state index is 0.0196. The van der Waals surface area contributed by atoms with E-state index in [0.717, 1.165) is 26.8 Å². The topological polar surface area (TPSA) is 120 Å². The Hall–Kier alpha value is -2.46. The van der Waals surface area contributed by atoms with Gasteiger partial charge in [0.25, 0.3) is 0 Å². The molecule has 0 radical (unpaired) electrons. The number of thioether (sulfide) groups is 1. The number of carboxylic acids is 1. The quantitative estimate of drug-likeness (QED) is 0.638. The highest BCUT2D eigenvalue weighted by atomic mass is 32.2. The molecule has 172 valence electrons. The van der Waals surface area contributed by atoms with Crippen LogP contribution in [0.15, 0.2) is 34.3 Å². The molecule has 0 spiro atoms. The SMILES string of the molecule is CC(C)[C@H](C(=O)O)N1C(=O)[C@@H]2[C@H]3C[C@@H]([C@@H]2C1=O)[C@@H]1[C@H](c2cccnc2)c2sc(=O)[nH]c2S[C@@H]31. The summed E-state index contributed by atoms with van der Waals surface area (Å²) in [4.78, 5) is 60.5. The number of fused-ring (bicyclic) bond motifs is 9. The van der Waals surface area contributed by atoms with Gasteiger partial charge in [-0.2, -0.15) is 0 Å².